The van der Waals surface area contributed by atoms with Crippen molar-refractivity contribution in [3.8, 4) is 0 Å². The van der Waals surface area contributed by atoms with Crippen LogP contribution in [0, 0.1) is 0 Å². The molecular weight excluding hydrogens is 406 g/mol. The van der Waals surface area contributed by atoms with Gasteiger partial charge in [-0.05, 0) is 35.9 Å². The minimum absolute atomic E-state index is 0.0472. The SMILES string of the molecule is O=C(C=Cc1nc2ccccc2s1)N1CCN(C(=O)Cc2ccc(Cl)cc2)CC1. The second-order valence-electron chi connectivity index (χ2n) is 6.86. The van der Waals surface area contributed by atoms with Gasteiger partial charge in [0.25, 0.3) is 0 Å². The van der Waals surface area contributed by atoms with Crippen LogP contribution in [-0.2, 0) is 16.0 Å². The number of nitrogens with zero attached hydrogens (tertiary/aromatic N) is 3. The summed E-state index contributed by atoms with van der Waals surface area (Å²) in [7, 11) is 0. The number of carbonyl (C=O) groups is 2. The lowest BCUT2D eigenvalue weighted by atomic mass is 10.1. The molecule has 0 aliphatic carbocycles. The van der Waals surface area contributed by atoms with Gasteiger partial charge in [0, 0.05) is 37.3 Å². The molecule has 1 aromatic heterocycles. The third kappa shape index (κ3) is 4.83. The fraction of sp³-hybridized carbons (Fsp3) is 0.227. The van der Waals surface area contributed by atoms with Gasteiger partial charge in [0.05, 0.1) is 16.6 Å². The third-order valence-corrected chi connectivity index (χ3v) is 6.15. The lowest BCUT2D eigenvalue weighted by Gasteiger charge is -2.34. The van der Waals surface area contributed by atoms with Crippen molar-refractivity contribution in [2.75, 3.05) is 26.2 Å². The lowest BCUT2D eigenvalue weighted by molar-refractivity contribution is -0.136. The zero-order chi connectivity index (χ0) is 20.2. The molecule has 2 heterocycles. The van der Waals surface area contributed by atoms with Crippen molar-refractivity contribution in [3.05, 3.63) is 70.2 Å². The molecule has 1 aliphatic rings. The van der Waals surface area contributed by atoms with E-state index in [1.54, 1.807) is 40.5 Å². The minimum Gasteiger partial charge on any atom is -0.339 e. The Kier molecular flexibility index (Phi) is 5.92. The van der Waals surface area contributed by atoms with Gasteiger partial charge in [-0.1, -0.05) is 35.9 Å². The van der Waals surface area contributed by atoms with E-state index in [1.165, 1.54) is 0 Å². The van der Waals surface area contributed by atoms with Crippen molar-refractivity contribution >= 4 is 51.0 Å². The van der Waals surface area contributed by atoms with Gasteiger partial charge >= 0.3 is 0 Å². The van der Waals surface area contributed by atoms with Crippen molar-refractivity contribution < 1.29 is 9.59 Å². The molecule has 0 saturated carbocycles. The van der Waals surface area contributed by atoms with Gasteiger partial charge < -0.3 is 9.80 Å². The highest BCUT2D eigenvalue weighted by molar-refractivity contribution is 7.19. The standard InChI is InChI=1S/C22H20ClN3O2S/c23-17-7-5-16(6-8-17)15-22(28)26-13-11-25(12-14-26)21(27)10-9-20-24-18-3-1-2-4-19(18)29-20/h1-10H,11-15H2. The average molecular weight is 426 g/mol. The second kappa shape index (κ2) is 8.76. The van der Waals surface area contributed by atoms with Crippen LogP contribution in [0.15, 0.2) is 54.6 Å². The number of hydrogen-bond acceptors (Lipinski definition) is 4. The Bertz CT molecular complexity index is 1020. The highest BCUT2D eigenvalue weighted by atomic mass is 35.5. The van der Waals surface area contributed by atoms with Gasteiger partial charge in [-0.3, -0.25) is 9.59 Å². The Morgan fingerprint density at radius 1 is 1.00 bits per heavy atom. The summed E-state index contributed by atoms with van der Waals surface area (Å²) in [6.45, 7) is 2.17. The van der Waals surface area contributed by atoms with Gasteiger partial charge in [-0.2, -0.15) is 0 Å². The number of piperazine rings is 1. The van der Waals surface area contributed by atoms with Crippen molar-refractivity contribution in [1.29, 1.82) is 0 Å². The van der Waals surface area contributed by atoms with E-state index in [4.69, 9.17) is 11.6 Å². The number of aromatic nitrogens is 1. The van der Waals surface area contributed by atoms with E-state index in [9.17, 15) is 9.59 Å². The number of benzene rings is 2. The van der Waals surface area contributed by atoms with Gasteiger partial charge in [-0.15, -0.1) is 11.3 Å². The van der Waals surface area contributed by atoms with Crippen LogP contribution in [0.5, 0.6) is 0 Å². The molecule has 2 amide bonds. The largest absolute Gasteiger partial charge is 0.339 e. The summed E-state index contributed by atoms with van der Waals surface area (Å²) < 4.78 is 1.10. The van der Waals surface area contributed by atoms with E-state index in [0.29, 0.717) is 37.6 Å². The van der Waals surface area contributed by atoms with Crippen LogP contribution >= 0.6 is 22.9 Å². The molecule has 0 N–H and O–H groups in total. The monoisotopic (exact) mass is 425 g/mol. The molecule has 1 saturated heterocycles. The van der Waals surface area contributed by atoms with Crippen LogP contribution in [0.2, 0.25) is 5.02 Å². The first-order valence-electron chi connectivity index (χ1n) is 9.43. The summed E-state index contributed by atoms with van der Waals surface area (Å²) >= 11 is 7.45. The average Bonchev–Trinajstić information content (AvgIpc) is 3.17. The number of thiazole rings is 1. The molecule has 7 heteroatoms. The van der Waals surface area contributed by atoms with Gasteiger partial charge in [-0.25, -0.2) is 4.98 Å². The lowest BCUT2D eigenvalue weighted by Crippen LogP contribution is -2.50. The van der Waals surface area contributed by atoms with Gasteiger partial charge in [0.15, 0.2) is 0 Å². The fourth-order valence-electron chi connectivity index (χ4n) is 3.27. The maximum Gasteiger partial charge on any atom is 0.246 e. The molecule has 29 heavy (non-hydrogen) atoms. The highest BCUT2D eigenvalue weighted by Gasteiger charge is 2.23. The van der Waals surface area contributed by atoms with Gasteiger partial charge in [0.2, 0.25) is 11.8 Å². The van der Waals surface area contributed by atoms with Crippen molar-refractivity contribution in [2.24, 2.45) is 0 Å². The number of rotatable bonds is 4. The first kappa shape index (κ1) is 19.6. The number of halogens is 1. The van der Waals surface area contributed by atoms with Crippen LogP contribution in [-0.4, -0.2) is 52.8 Å². The molecule has 0 radical (unpaired) electrons. The number of amides is 2. The van der Waals surface area contributed by atoms with E-state index in [1.807, 2.05) is 41.3 Å². The maximum absolute atomic E-state index is 12.5. The normalized spacial score (nSPS) is 14.7. The molecule has 0 unspecified atom stereocenters. The molecule has 0 atom stereocenters. The quantitative estimate of drug-likeness (QED) is 0.596. The van der Waals surface area contributed by atoms with E-state index in [-0.39, 0.29) is 11.8 Å². The fourth-order valence-corrected chi connectivity index (χ4v) is 4.27. The second-order valence-corrected chi connectivity index (χ2v) is 8.36. The number of para-hydroxylation sites is 1. The van der Waals surface area contributed by atoms with Crippen LogP contribution in [0.4, 0.5) is 0 Å². The zero-order valence-corrected chi connectivity index (χ0v) is 17.3. The predicted molar refractivity (Wildman–Crippen MR) is 117 cm³/mol. The Balaban J connectivity index is 1.29. The number of hydrogen-bond donors (Lipinski definition) is 0. The predicted octanol–water partition coefficient (Wildman–Crippen LogP) is 3.88. The number of carbonyl (C=O) groups excluding carboxylic acids is 2. The van der Waals surface area contributed by atoms with E-state index in [2.05, 4.69) is 4.98 Å². The number of fused-ring (bicyclic) bond motifs is 1. The molecule has 148 valence electrons. The summed E-state index contributed by atoms with van der Waals surface area (Å²) in [6, 6.07) is 15.2. The van der Waals surface area contributed by atoms with E-state index < -0.39 is 0 Å². The maximum atomic E-state index is 12.5. The van der Waals surface area contributed by atoms with Crippen LogP contribution in [0.3, 0.4) is 0 Å². The summed E-state index contributed by atoms with van der Waals surface area (Å²) in [5.74, 6) is 0.0264. The summed E-state index contributed by atoms with van der Waals surface area (Å²) in [6.07, 6.45) is 3.69. The molecule has 4 rings (SSSR count). The minimum atomic E-state index is -0.0472. The molecule has 3 aromatic rings. The molecule has 2 aromatic carbocycles. The Morgan fingerprint density at radius 3 is 2.41 bits per heavy atom. The summed E-state index contributed by atoms with van der Waals surface area (Å²) in [4.78, 5) is 33.1. The highest BCUT2D eigenvalue weighted by Crippen LogP contribution is 2.22. The van der Waals surface area contributed by atoms with Crippen LogP contribution in [0.1, 0.15) is 10.6 Å². The summed E-state index contributed by atoms with van der Waals surface area (Å²) in [5.41, 5.74) is 1.88. The molecule has 0 spiro atoms. The van der Waals surface area contributed by atoms with Crippen molar-refractivity contribution in [1.82, 2.24) is 14.8 Å². The third-order valence-electron chi connectivity index (χ3n) is 4.89. The van der Waals surface area contributed by atoms with Crippen LogP contribution in [0.25, 0.3) is 16.3 Å². The van der Waals surface area contributed by atoms with E-state index >= 15 is 0 Å². The smallest absolute Gasteiger partial charge is 0.246 e. The van der Waals surface area contributed by atoms with Crippen LogP contribution < -0.4 is 0 Å². The molecule has 1 aliphatic heterocycles. The molecule has 1 fully saturated rings. The van der Waals surface area contributed by atoms with E-state index in [0.717, 1.165) is 20.8 Å². The first-order chi connectivity index (χ1) is 14.1. The zero-order valence-electron chi connectivity index (χ0n) is 15.8. The summed E-state index contributed by atoms with van der Waals surface area (Å²) in [5, 5.41) is 1.48. The Labute approximate surface area is 178 Å². The molecule has 5 nitrogen and oxygen atoms in total. The Morgan fingerprint density at radius 2 is 1.69 bits per heavy atom. The topological polar surface area (TPSA) is 53.5 Å². The van der Waals surface area contributed by atoms with Crippen molar-refractivity contribution in [3.63, 3.8) is 0 Å². The molecule has 0 bridgehead atoms. The first-order valence-corrected chi connectivity index (χ1v) is 10.6. The molecular formula is C22H20ClN3O2S. The van der Waals surface area contributed by atoms with Gasteiger partial charge in [0.1, 0.15) is 5.01 Å². The Hall–Kier alpha value is -2.70. The van der Waals surface area contributed by atoms with Crippen molar-refractivity contribution in [2.45, 2.75) is 6.42 Å².